The van der Waals surface area contributed by atoms with Gasteiger partial charge in [0.1, 0.15) is 0 Å². The maximum absolute atomic E-state index is 11.7. The highest BCUT2D eigenvalue weighted by atomic mass is 16.5. The van der Waals surface area contributed by atoms with Crippen LogP contribution in [0.1, 0.15) is 18.4 Å². The van der Waals surface area contributed by atoms with E-state index >= 15 is 0 Å². The number of carbonyl (C=O) groups excluding carboxylic acids is 1. The lowest BCUT2D eigenvalue weighted by molar-refractivity contribution is -0.120. The minimum absolute atomic E-state index is 0.0195. The summed E-state index contributed by atoms with van der Waals surface area (Å²) in [6, 6.07) is 7.40. The van der Waals surface area contributed by atoms with Crippen molar-refractivity contribution in [2.45, 2.75) is 25.4 Å². The number of carbonyl (C=O) groups is 1. The molecule has 0 aromatic heterocycles. The number of hydrogen-bond donors (Lipinski definition) is 2. The highest BCUT2D eigenvalue weighted by molar-refractivity contribution is 5.78. The maximum Gasteiger partial charge on any atom is 0.224 e. The minimum Gasteiger partial charge on any atom is -0.399 e. The van der Waals surface area contributed by atoms with Gasteiger partial charge in [0.15, 0.2) is 0 Å². The summed E-state index contributed by atoms with van der Waals surface area (Å²) in [6.45, 7) is 1.43. The Morgan fingerprint density at radius 3 is 3.12 bits per heavy atom. The lowest BCUT2D eigenvalue weighted by atomic mass is 10.1. The quantitative estimate of drug-likeness (QED) is 0.767. The lowest BCUT2D eigenvalue weighted by Gasteiger charge is -2.10. The van der Waals surface area contributed by atoms with E-state index in [-0.39, 0.29) is 12.0 Å². The summed E-state index contributed by atoms with van der Waals surface area (Å²) in [6.07, 6.45) is 2.70. The van der Waals surface area contributed by atoms with Crippen molar-refractivity contribution in [3.8, 4) is 0 Å². The molecule has 1 aliphatic heterocycles. The Hall–Kier alpha value is -1.55. The van der Waals surface area contributed by atoms with E-state index in [2.05, 4.69) is 5.32 Å². The zero-order chi connectivity index (χ0) is 12.1. The van der Waals surface area contributed by atoms with E-state index in [9.17, 15) is 4.79 Å². The van der Waals surface area contributed by atoms with Crippen molar-refractivity contribution in [2.75, 3.05) is 18.9 Å². The number of ether oxygens (including phenoxy) is 1. The average Bonchev–Trinajstić information content (AvgIpc) is 2.79. The molecule has 4 heteroatoms. The van der Waals surface area contributed by atoms with Gasteiger partial charge in [0.25, 0.3) is 0 Å². The molecule has 17 heavy (non-hydrogen) atoms. The maximum atomic E-state index is 11.7. The summed E-state index contributed by atoms with van der Waals surface area (Å²) >= 11 is 0. The molecule has 1 saturated heterocycles. The fourth-order valence-corrected chi connectivity index (χ4v) is 1.98. The molecule has 0 aliphatic carbocycles. The molecule has 0 radical (unpaired) electrons. The minimum atomic E-state index is 0.0195. The third-order valence-electron chi connectivity index (χ3n) is 2.87. The van der Waals surface area contributed by atoms with Gasteiger partial charge in [0.05, 0.1) is 12.5 Å². The number of rotatable bonds is 4. The second-order valence-corrected chi connectivity index (χ2v) is 4.36. The monoisotopic (exact) mass is 234 g/mol. The van der Waals surface area contributed by atoms with Crippen LogP contribution in [0.15, 0.2) is 24.3 Å². The largest absolute Gasteiger partial charge is 0.399 e. The topological polar surface area (TPSA) is 64.4 Å². The first-order valence-corrected chi connectivity index (χ1v) is 5.97. The summed E-state index contributed by atoms with van der Waals surface area (Å²) in [5.74, 6) is 0.0195. The first kappa shape index (κ1) is 11.9. The molecule has 1 aromatic rings. The zero-order valence-corrected chi connectivity index (χ0v) is 9.82. The van der Waals surface area contributed by atoms with Gasteiger partial charge < -0.3 is 15.8 Å². The summed E-state index contributed by atoms with van der Waals surface area (Å²) < 4.78 is 5.44. The molecule has 2 rings (SSSR count). The van der Waals surface area contributed by atoms with Gasteiger partial charge >= 0.3 is 0 Å². The number of benzene rings is 1. The molecule has 92 valence electrons. The third kappa shape index (κ3) is 3.75. The van der Waals surface area contributed by atoms with E-state index in [0.717, 1.165) is 25.0 Å². The van der Waals surface area contributed by atoms with Crippen LogP contribution < -0.4 is 11.1 Å². The van der Waals surface area contributed by atoms with Crippen molar-refractivity contribution in [1.82, 2.24) is 5.32 Å². The Kier molecular flexibility index (Phi) is 3.98. The van der Waals surface area contributed by atoms with Crippen molar-refractivity contribution in [3.05, 3.63) is 29.8 Å². The molecule has 1 fully saturated rings. The summed E-state index contributed by atoms with van der Waals surface area (Å²) in [5, 5.41) is 2.89. The molecule has 0 unspecified atom stereocenters. The second-order valence-electron chi connectivity index (χ2n) is 4.36. The van der Waals surface area contributed by atoms with Gasteiger partial charge in [-0.15, -0.1) is 0 Å². The van der Waals surface area contributed by atoms with Gasteiger partial charge in [-0.25, -0.2) is 0 Å². The van der Waals surface area contributed by atoms with Crippen LogP contribution in [0.25, 0.3) is 0 Å². The summed E-state index contributed by atoms with van der Waals surface area (Å²) in [7, 11) is 0. The Labute approximate surface area is 101 Å². The van der Waals surface area contributed by atoms with Crippen molar-refractivity contribution in [2.24, 2.45) is 0 Å². The van der Waals surface area contributed by atoms with Crippen LogP contribution in [0.5, 0.6) is 0 Å². The smallest absolute Gasteiger partial charge is 0.224 e. The molecular weight excluding hydrogens is 216 g/mol. The van der Waals surface area contributed by atoms with Gasteiger partial charge in [-0.2, -0.15) is 0 Å². The molecular formula is C13H18N2O2. The SMILES string of the molecule is Nc1cccc(CC(=O)NC[C@H]2CCCO2)c1. The zero-order valence-electron chi connectivity index (χ0n) is 9.82. The van der Waals surface area contributed by atoms with E-state index in [0.29, 0.717) is 18.7 Å². The van der Waals surface area contributed by atoms with Crippen LogP contribution in [0.2, 0.25) is 0 Å². The number of amides is 1. The van der Waals surface area contributed by atoms with Crippen molar-refractivity contribution in [3.63, 3.8) is 0 Å². The van der Waals surface area contributed by atoms with Crippen molar-refractivity contribution in [1.29, 1.82) is 0 Å². The van der Waals surface area contributed by atoms with Crippen LogP contribution in [-0.2, 0) is 16.0 Å². The van der Waals surface area contributed by atoms with Crippen LogP contribution in [-0.4, -0.2) is 25.2 Å². The Morgan fingerprint density at radius 1 is 1.53 bits per heavy atom. The second kappa shape index (κ2) is 5.68. The van der Waals surface area contributed by atoms with E-state index in [1.165, 1.54) is 0 Å². The van der Waals surface area contributed by atoms with Gasteiger partial charge in [-0.3, -0.25) is 4.79 Å². The third-order valence-corrected chi connectivity index (χ3v) is 2.87. The van der Waals surface area contributed by atoms with Crippen molar-refractivity contribution < 1.29 is 9.53 Å². The molecule has 0 bridgehead atoms. The number of anilines is 1. The van der Waals surface area contributed by atoms with Crippen LogP contribution in [0.3, 0.4) is 0 Å². The predicted molar refractivity (Wildman–Crippen MR) is 66.5 cm³/mol. The Morgan fingerprint density at radius 2 is 2.41 bits per heavy atom. The van der Waals surface area contributed by atoms with Crippen LogP contribution >= 0.6 is 0 Å². The van der Waals surface area contributed by atoms with E-state index in [1.54, 1.807) is 0 Å². The highest BCUT2D eigenvalue weighted by Gasteiger charge is 2.16. The molecule has 1 amide bonds. The van der Waals surface area contributed by atoms with Gasteiger partial charge in [0, 0.05) is 18.8 Å². The number of nitrogen functional groups attached to an aromatic ring is 1. The Bertz CT molecular complexity index is 387. The van der Waals surface area contributed by atoms with Gasteiger partial charge in [0.2, 0.25) is 5.91 Å². The van der Waals surface area contributed by atoms with E-state index in [4.69, 9.17) is 10.5 Å². The number of nitrogens with two attached hydrogens (primary N) is 1. The standard InChI is InChI=1S/C13H18N2O2/c14-11-4-1-3-10(7-11)8-13(16)15-9-12-5-2-6-17-12/h1,3-4,7,12H,2,5-6,8-9,14H2,(H,15,16)/t12-/m1/s1. The van der Waals surface area contributed by atoms with E-state index in [1.807, 2.05) is 24.3 Å². The fraction of sp³-hybridized carbons (Fsp3) is 0.462. The number of hydrogen-bond acceptors (Lipinski definition) is 3. The van der Waals surface area contributed by atoms with Gasteiger partial charge in [-0.1, -0.05) is 12.1 Å². The highest BCUT2D eigenvalue weighted by Crippen LogP contribution is 2.11. The average molecular weight is 234 g/mol. The van der Waals surface area contributed by atoms with Crippen molar-refractivity contribution >= 4 is 11.6 Å². The first-order valence-electron chi connectivity index (χ1n) is 5.97. The Balaban J connectivity index is 1.76. The fourth-order valence-electron chi connectivity index (χ4n) is 1.98. The molecule has 1 aliphatic rings. The van der Waals surface area contributed by atoms with Crippen LogP contribution in [0.4, 0.5) is 5.69 Å². The normalized spacial score (nSPS) is 19.2. The molecule has 4 nitrogen and oxygen atoms in total. The molecule has 1 heterocycles. The lowest BCUT2D eigenvalue weighted by Crippen LogP contribution is -2.32. The number of nitrogens with one attached hydrogen (secondary N) is 1. The van der Waals surface area contributed by atoms with E-state index < -0.39 is 0 Å². The molecule has 1 atom stereocenters. The summed E-state index contributed by atoms with van der Waals surface area (Å²) in [4.78, 5) is 11.7. The molecule has 0 saturated carbocycles. The van der Waals surface area contributed by atoms with Crippen LogP contribution in [0, 0.1) is 0 Å². The molecule has 1 aromatic carbocycles. The molecule has 3 N–H and O–H groups in total. The summed E-state index contributed by atoms with van der Waals surface area (Å²) in [5.41, 5.74) is 7.29. The molecule has 0 spiro atoms. The van der Waals surface area contributed by atoms with Gasteiger partial charge in [-0.05, 0) is 30.5 Å². The first-order chi connectivity index (χ1) is 8.24. The predicted octanol–water partition coefficient (Wildman–Crippen LogP) is 1.11.